The van der Waals surface area contributed by atoms with Crippen molar-refractivity contribution < 1.29 is 8.42 Å². The van der Waals surface area contributed by atoms with E-state index in [1.54, 1.807) is 11.5 Å². The molecule has 0 aliphatic carbocycles. The van der Waals surface area contributed by atoms with Gasteiger partial charge in [0.05, 0.1) is 6.33 Å². The largest absolute Gasteiger partial charge is 0.336 e. The molecule has 0 atom stereocenters. The van der Waals surface area contributed by atoms with E-state index < -0.39 is 10.0 Å². The second kappa shape index (κ2) is 4.59. The molecule has 0 aliphatic rings. The molecule has 0 fully saturated rings. The number of rotatable bonds is 5. The zero-order valence-corrected chi connectivity index (χ0v) is 9.71. The van der Waals surface area contributed by atoms with Gasteiger partial charge >= 0.3 is 0 Å². The summed E-state index contributed by atoms with van der Waals surface area (Å²) in [6.07, 6.45) is 3.00. The van der Waals surface area contributed by atoms with Crippen molar-refractivity contribution in [3.63, 3.8) is 0 Å². The van der Waals surface area contributed by atoms with E-state index in [1.807, 2.05) is 6.92 Å². The number of hydrogen-bond donors (Lipinski definition) is 1. The molecule has 0 amide bonds. The molecule has 84 valence electrons. The monoisotopic (exact) mass is 229 g/mol. The van der Waals surface area contributed by atoms with Gasteiger partial charge in [0.1, 0.15) is 0 Å². The van der Waals surface area contributed by atoms with Crippen LogP contribution in [0.25, 0.3) is 0 Å². The van der Waals surface area contributed by atoms with Crippen LogP contribution in [-0.4, -0.2) is 24.5 Å². The Morgan fingerprint density at radius 2 is 2.33 bits per heavy atom. The Labute approximate surface area is 89.9 Å². The first-order valence-corrected chi connectivity index (χ1v) is 6.10. The van der Waals surface area contributed by atoms with Gasteiger partial charge in [0.25, 0.3) is 10.0 Å². The van der Waals surface area contributed by atoms with Gasteiger partial charge < -0.3 is 4.57 Å². The van der Waals surface area contributed by atoms with Gasteiger partial charge in [-0.05, 0) is 13.8 Å². The van der Waals surface area contributed by atoms with Crippen molar-refractivity contribution in [2.45, 2.75) is 25.4 Å². The summed E-state index contributed by atoms with van der Waals surface area (Å²) in [6.45, 7) is 8.23. The van der Waals surface area contributed by atoms with Crippen molar-refractivity contribution in [2.75, 3.05) is 6.54 Å². The minimum atomic E-state index is -3.49. The molecule has 6 heteroatoms. The van der Waals surface area contributed by atoms with Gasteiger partial charge in [0, 0.05) is 19.3 Å². The van der Waals surface area contributed by atoms with Crippen molar-refractivity contribution in [3.05, 3.63) is 24.7 Å². The standard InChI is InChI=1S/C9H15N3O2S/c1-4-12-6-9(10-7-12)15(13,14)11-5-8(2)3/h6-7,11H,2,4-5H2,1,3H3. The Morgan fingerprint density at radius 3 is 2.80 bits per heavy atom. The second-order valence-corrected chi connectivity index (χ2v) is 5.04. The van der Waals surface area contributed by atoms with Crippen molar-refractivity contribution in [1.29, 1.82) is 0 Å². The van der Waals surface area contributed by atoms with E-state index in [0.29, 0.717) is 6.54 Å². The maximum absolute atomic E-state index is 11.6. The Hall–Kier alpha value is -1.14. The molecule has 15 heavy (non-hydrogen) atoms. The lowest BCUT2D eigenvalue weighted by Gasteiger charge is -2.02. The Morgan fingerprint density at radius 1 is 1.67 bits per heavy atom. The van der Waals surface area contributed by atoms with Gasteiger partial charge in [0.2, 0.25) is 0 Å². The summed E-state index contributed by atoms with van der Waals surface area (Å²) in [4.78, 5) is 3.82. The van der Waals surface area contributed by atoms with Crippen molar-refractivity contribution in [2.24, 2.45) is 0 Å². The molecular formula is C9H15N3O2S. The lowest BCUT2D eigenvalue weighted by atomic mass is 10.4. The smallest absolute Gasteiger partial charge is 0.259 e. The van der Waals surface area contributed by atoms with E-state index in [9.17, 15) is 8.42 Å². The van der Waals surface area contributed by atoms with Crippen molar-refractivity contribution in [1.82, 2.24) is 14.3 Å². The molecule has 0 spiro atoms. The summed E-state index contributed by atoms with van der Waals surface area (Å²) >= 11 is 0. The highest BCUT2D eigenvalue weighted by molar-refractivity contribution is 7.89. The number of nitrogens with one attached hydrogen (secondary N) is 1. The number of aromatic nitrogens is 2. The number of nitrogens with zero attached hydrogens (tertiary/aromatic N) is 2. The Kier molecular flexibility index (Phi) is 3.65. The van der Waals surface area contributed by atoms with Gasteiger partial charge in [-0.2, -0.15) is 0 Å². The summed E-state index contributed by atoms with van der Waals surface area (Å²) in [7, 11) is -3.49. The van der Waals surface area contributed by atoms with E-state index in [0.717, 1.165) is 5.57 Å². The van der Waals surface area contributed by atoms with Crippen LogP contribution in [0.15, 0.2) is 29.7 Å². The van der Waals surface area contributed by atoms with E-state index >= 15 is 0 Å². The van der Waals surface area contributed by atoms with Crippen LogP contribution in [0, 0.1) is 0 Å². The average Bonchev–Trinajstić information content (AvgIpc) is 2.63. The summed E-state index contributed by atoms with van der Waals surface area (Å²) in [6, 6.07) is 0. The van der Waals surface area contributed by atoms with Gasteiger partial charge in [-0.1, -0.05) is 12.2 Å². The summed E-state index contributed by atoms with van der Waals surface area (Å²) < 4.78 is 27.4. The minimum Gasteiger partial charge on any atom is -0.336 e. The normalized spacial score (nSPS) is 11.6. The predicted octanol–water partition coefficient (Wildman–Crippen LogP) is 0.757. The third-order valence-electron chi connectivity index (χ3n) is 1.81. The first kappa shape index (κ1) is 11.9. The fourth-order valence-electron chi connectivity index (χ4n) is 0.943. The van der Waals surface area contributed by atoms with E-state index in [-0.39, 0.29) is 11.6 Å². The van der Waals surface area contributed by atoms with Crippen LogP contribution in [-0.2, 0) is 16.6 Å². The highest BCUT2D eigenvalue weighted by Gasteiger charge is 2.16. The molecule has 0 aliphatic heterocycles. The van der Waals surface area contributed by atoms with E-state index in [1.165, 1.54) is 12.5 Å². The maximum atomic E-state index is 11.6. The molecule has 1 aromatic rings. The molecule has 1 aromatic heterocycles. The highest BCUT2D eigenvalue weighted by atomic mass is 32.2. The summed E-state index contributed by atoms with van der Waals surface area (Å²) in [5.74, 6) is 0. The predicted molar refractivity (Wildman–Crippen MR) is 57.9 cm³/mol. The number of sulfonamides is 1. The molecule has 0 unspecified atom stereocenters. The SMILES string of the molecule is C=C(C)CNS(=O)(=O)c1cn(CC)cn1. The lowest BCUT2D eigenvalue weighted by Crippen LogP contribution is -2.25. The second-order valence-electron chi connectivity index (χ2n) is 3.32. The lowest BCUT2D eigenvalue weighted by molar-refractivity contribution is 0.581. The number of aryl methyl sites for hydroxylation is 1. The quantitative estimate of drug-likeness (QED) is 0.758. The molecule has 1 rings (SSSR count). The molecular weight excluding hydrogens is 214 g/mol. The third kappa shape index (κ3) is 3.17. The van der Waals surface area contributed by atoms with Gasteiger partial charge in [0.15, 0.2) is 5.03 Å². The molecule has 1 N–H and O–H groups in total. The molecule has 1 heterocycles. The topological polar surface area (TPSA) is 64.0 Å². The molecule has 0 saturated carbocycles. The molecule has 5 nitrogen and oxygen atoms in total. The highest BCUT2D eigenvalue weighted by Crippen LogP contribution is 2.04. The van der Waals surface area contributed by atoms with Gasteiger partial charge in [-0.15, -0.1) is 0 Å². The first-order chi connectivity index (χ1) is 6.95. The zero-order chi connectivity index (χ0) is 11.5. The van der Waals surface area contributed by atoms with E-state index in [4.69, 9.17) is 0 Å². The van der Waals surface area contributed by atoms with Gasteiger partial charge in [-0.25, -0.2) is 18.1 Å². The van der Waals surface area contributed by atoms with Crippen LogP contribution in [0.1, 0.15) is 13.8 Å². The van der Waals surface area contributed by atoms with Crippen LogP contribution in [0.3, 0.4) is 0 Å². The van der Waals surface area contributed by atoms with Crippen LogP contribution >= 0.6 is 0 Å². The molecule has 0 saturated heterocycles. The summed E-state index contributed by atoms with van der Waals surface area (Å²) in [5, 5.41) is 0.0469. The van der Waals surface area contributed by atoms with Gasteiger partial charge in [-0.3, -0.25) is 0 Å². The Balaban J connectivity index is 2.81. The fraction of sp³-hybridized carbons (Fsp3) is 0.444. The fourth-order valence-corrected chi connectivity index (χ4v) is 1.99. The summed E-state index contributed by atoms with van der Waals surface area (Å²) in [5.41, 5.74) is 0.758. The van der Waals surface area contributed by atoms with Crippen molar-refractivity contribution in [3.8, 4) is 0 Å². The van der Waals surface area contributed by atoms with Crippen LogP contribution < -0.4 is 4.72 Å². The average molecular weight is 229 g/mol. The maximum Gasteiger partial charge on any atom is 0.259 e. The van der Waals surface area contributed by atoms with Crippen LogP contribution in [0.2, 0.25) is 0 Å². The molecule has 0 aromatic carbocycles. The number of imidazole rings is 1. The molecule has 0 bridgehead atoms. The minimum absolute atomic E-state index is 0.0469. The zero-order valence-electron chi connectivity index (χ0n) is 8.90. The molecule has 0 radical (unpaired) electrons. The van der Waals surface area contributed by atoms with Crippen LogP contribution in [0.5, 0.6) is 0 Å². The Bertz CT molecular complexity index is 448. The van der Waals surface area contributed by atoms with Crippen LogP contribution in [0.4, 0.5) is 0 Å². The first-order valence-electron chi connectivity index (χ1n) is 4.61. The van der Waals surface area contributed by atoms with Crippen molar-refractivity contribution >= 4 is 10.0 Å². The van der Waals surface area contributed by atoms with E-state index in [2.05, 4.69) is 16.3 Å². The third-order valence-corrected chi connectivity index (χ3v) is 3.10. The number of hydrogen-bond acceptors (Lipinski definition) is 3.